The van der Waals surface area contributed by atoms with E-state index < -0.39 is 10.7 Å². The van der Waals surface area contributed by atoms with Gasteiger partial charge >= 0.3 is 0 Å². The number of hydrogen-bond acceptors (Lipinski definition) is 8. The van der Waals surface area contributed by atoms with Gasteiger partial charge in [0.25, 0.3) is 11.6 Å². The van der Waals surface area contributed by atoms with Crippen LogP contribution >= 0.6 is 0 Å². The van der Waals surface area contributed by atoms with Gasteiger partial charge < -0.3 is 19.4 Å². The fourth-order valence-corrected chi connectivity index (χ4v) is 4.54. The molecule has 0 unspecified atom stereocenters. The molecule has 37 heavy (non-hydrogen) atoms. The summed E-state index contributed by atoms with van der Waals surface area (Å²) in [6.07, 6.45) is 0.470. The molecule has 1 aromatic heterocycles. The standard InChI is InChI=1S/C26H27FN6O4/c1-17-6-7-18(14-23(17)33(35)36)25(34)32-9-8-22-21(16-32)24(37-20-5-3-4-19(27)15-20)29-26(28-22)31-12-10-30(2)11-13-31/h3-7,14-15H,8-13,16H2,1-2H3. The van der Waals surface area contributed by atoms with Gasteiger partial charge in [0.1, 0.15) is 11.6 Å². The molecule has 0 bridgehead atoms. The number of benzene rings is 2. The van der Waals surface area contributed by atoms with Crippen LogP contribution in [0.4, 0.5) is 16.0 Å². The molecule has 11 heteroatoms. The molecule has 0 saturated carbocycles. The molecule has 1 amide bonds. The topological polar surface area (TPSA) is 105 Å². The summed E-state index contributed by atoms with van der Waals surface area (Å²) in [6, 6.07) is 10.3. The van der Waals surface area contributed by atoms with Crippen molar-refractivity contribution in [2.45, 2.75) is 19.9 Å². The van der Waals surface area contributed by atoms with Crippen molar-refractivity contribution in [2.75, 3.05) is 44.7 Å². The Kier molecular flexibility index (Phi) is 6.70. The SMILES string of the molecule is Cc1ccc(C(=O)N2CCc3nc(N4CCN(C)CC4)nc(Oc4cccc(F)c4)c3C2)cc1[N+](=O)[O-]. The number of carbonyl (C=O) groups excluding carboxylic acids is 1. The number of piperazine rings is 1. The lowest BCUT2D eigenvalue weighted by Gasteiger charge is -2.34. The Morgan fingerprint density at radius 3 is 2.59 bits per heavy atom. The van der Waals surface area contributed by atoms with Crippen molar-refractivity contribution in [3.8, 4) is 11.6 Å². The van der Waals surface area contributed by atoms with Crippen LogP contribution in [0.2, 0.25) is 0 Å². The highest BCUT2D eigenvalue weighted by Gasteiger charge is 2.29. The summed E-state index contributed by atoms with van der Waals surface area (Å²) in [5, 5.41) is 11.4. The molecule has 0 atom stereocenters. The maximum atomic E-state index is 13.9. The van der Waals surface area contributed by atoms with Gasteiger partial charge in [0.2, 0.25) is 11.8 Å². The number of rotatable bonds is 5. The number of aryl methyl sites for hydroxylation is 1. The second kappa shape index (κ2) is 10.1. The summed E-state index contributed by atoms with van der Waals surface area (Å²) in [6.45, 7) is 5.50. The number of aromatic nitrogens is 2. The average molecular weight is 507 g/mol. The van der Waals surface area contributed by atoms with Crippen LogP contribution in [0, 0.1) is 22.9 Å². The minimum atomic E-state index is -0.490. The minimum absolute atomic E-state index is 0.0986. The Bertz CT molecular complexity index is 1360. The fourth-order valence-electron chi connectivity index (χ4n) is 4.54. The van der Waals surface area contributed by atoms with Gasteiger partial charge in [0.05, 0.1) is 22.7 Å². The van der Waals surface area contributed by atoms with Gasteiger partial charge in [-0.05, 0) is 32.2 Å². The molecule has 3 aromatic rings. The predicted molar refractivity (Wildman–Crippen MR) is 134 cm³/mol. The van der Waals surface area contributed by atoms with E-state index in [9.17, 15) is 19.3 Å². The Hall–Kier alpha value is -4.12. The lowest BCUT2D eigenvalue weighted by Crippen LogP contribution is -2.45. The number of ether oxygens (including phenoxy) is 1. The Balaban J connectivity index is 1.47. The van der Waals surface area contributed by atoms with Crippen molar-refractivity contribution in [3.05, 3.63) is 80.8 Å². The number of nitro groups is 1. The van der Waals surface area contributed by atoms with Crippen LogP contribution in [0.5, 0.6) is 11.6 Å². The lowest BCUT2D eigenvalue weighted by atomic mass is 10.0. The second-order valence-corrected chi connectivity index (χ2v) is 9.34. The smallest absolute Gasteiger partial charge is 0.273 e. The number of likely N-dealkylation sites (N-methyl/N-ethyl adjacent to an activating group) is 1. The van der Waals surface area contributed by atoms with E-state index in [4.69, 9.17) is 14.7 Å². The average Bonchev–Trinajstić information content (AvgIpc) is 2.88. The zero-order valence-corrected chi connectivity index (χ0v) is 20.7. The molecule has 2 aromatic carbocycles. The largest absolute Gasteiger partial charge is 0.438 e. The quantitative estimate of drug-likeness (QED) is 0.382. The van der Waals surface area contributed by atoms with Crippen LogP contribution in [0.25, 0.3) is 0 Å². The molecule has 0 N–H and O–H groups in total. The maximum Gasteiger partial charge on any atom is 0.273 e. The molecule has 1 saturated heterocycles. The highest BCUT2D eigenvalue weighted by atomic mass is 19.1. The Morgan fingerprint density at radius 2 is 1.86 bits per heavy atom. The molecule has 5 rings (SSSR count). The van der Waals surface area contributed by atoms with Crippen LogP contribution in [0.1, 0.15) is 27.2 Å². The van der Waals surface area contributed by atoms with E-state index in [-0.39, 0.29) is 29.6 Å². The van der Waals surface area contributed by atoms with Gasteiger partial charge in [-0.15, -0.1) is 0 Å². The van der Waals surface area contributed by atoms with E-state index in [0.717, 1.165) is 31.9 Å². The van der Waals surface area contributed by atoms with Crippen LogP contribution in [-0.2, 0) is 13.0 Å². The van der Waals surface area contributed by atoms with Crippen molar-refractivity contribution in [3.63, 3.8) is 0 Å². The van der Waals surface area contributed by atoms with E-state index in [1.807, 2.05) is 0 Å². The first-order valence-corrected chi connectivity index (χ1v) is 12.1. The monoisotopic (exact) mass is 506 g/mol. The molecule has 0 aliphatic carbocycles. The number of nitrogens with zero attached hydrogens (tertiary/aromatic N) is 6. The number of halogens is 1. The van der Waals surface area contributed by atoms with Crippen molar-refractivity contribution in [1.29, 1.82) is 0 Å². The summed E-state index contributed by atoms with van der Waals surface area (Å²) in [4.78, 5) is 39.6. The molecule has 0 radical (unpaired) electrons. The zero-order chi connectivity index (χ0) is 26.1. The number of fused-ring (bicyclic) bond motifs is 1. The third-order valence-electron chi connectivity index (χ3n) is 6.75. The Morgan fingerprint density at radius 1 is 1.08 bits per heavy atom. The molecule has 2 aliphatic heterocycles. The van der Waals surface area contributed by atoms with Crippen LogP contribution < -0.4 is 9.64 Å². The normalized spacial score (nSPS) is 15.9. The molecular formula is C26H27FN6O4. The minimum Gasteiger partial charge on any atom is -0.438 e. The van der Waals surface area contributed by atoms with E-state index in [1.54, 1.807) is 36.1 Å². The summed E-state index contributed by atoms with van der Waals surface area (Å²) in [5.41, 5.74) is 2.04. The number of amides is 1. The number of nitro benzene ring substituents is 1. The predicted octanol–water partition coefficient (Wildman–Crippen LogP) is 3.57. The molecule has 192 valence electrons. The van der Waals surface area contributed by atoms with Crippen molar-refractivity contribution in [1.82, 2.24) is 19.8 Å². The highest BCUT2D eigenvalue weighted by Crippen LogP contribution is 2.33. The molecule has 10 nitrogen and oxygen atoms in total. The number of hydrogen-bond donors (Lipinski definition) is 0. The first-order valence-electron chi connectivity index (χ1n) is 12.1. The van der Waals surface area contributed by atoms with Gasteiger partial charge in [-0.1, -0.05) is 12.1 Å². The van der Waals surface area contributed by atoms with Crippen molar-refractivity contribution >= 4 is 17.5 Å². The summed E-state index contributed by atoms with van der Waals surface area (Å²) in [5.74, 6) is 0.359. The molecule has 3 heterocycles. The van der Waals surface area contributed by atoms with E-state index in [0.29, 0.717) is 35.8 Å². The maximum absolute atomic E-state index is 13.9. The van der Waals surface area contributed by atoms with Gasteiger partial charge in [-0.3, -0.25) is 14.9 Å². The summed E-state index contributed by atoms with van der Waals surface area (Å²) < 4.78 is 19.9. The summed E-state index contributed by atoms with van der Waals surface area (Å²) >= 11 is 0. The van der Waals surface area contributed by atoms with E-state index >= 15 is 0 Å². The third kappa shape index (κ3) is 5.21. The van der Waals surface area contributed by atoms with Gasteiger partial charge in [-0.25, -0.2) is 9.37 Å². The van der Waals surface area contributed by atoms with Crippen LogP contribution in [0.3, 0.4) is 0 Å². The molecular weight excluding hydrogens is 479 g/mol. The number of carbonyl (C=O) groups is 1. The first kappa shape index (κ1) is 24.6. The Labute approximate surface area is 213 Å². The van der Waals surface area contributed by atoms with Gasteiger partial charge in [0, 0.05) is 62.4 Å². The van der Waals surface area contributed by atoms with Crippen molar-refractivity contribution < 1.29 is 18.8 Å². The zero-order valence-electron chi connectivity index (χ0n) is 20.7. The molecule has 1 fully saturated rings. The van der Waals surface area contributed by atoms with E-state index in [1.165, 1.54) is 18.2 Å². The van der Waals surface area contributed by atoms with Crippen LogP contribution in [-0.4, -0.2) is 70.4 Å². The number of anilines is 1. The highest BCUT2D eigenvalue weighted by molar-refractivity contribution is 5.95. The fraction of sp³-hybridized carbons (Fsp3) is 0.346. The van der Waals surface area contributed by atoms with Crippen molar-refractivity contribution in [2.24, 2.45) is 0 Å². The summed E-state index contributed by atoms with van der Waals surface area (Å²) in [7, 11) is 2.07. The van der Waals surface area contributed by atoms with E-state index in [2.05, 4.69) is 16.8 Å². The van der Waals surface area contributed by atoms with Crippen LogP contribution in [0.15, 0.2) is 42.5 Å². The molecule has 2 aliphatic rings. The van der Waals surface area contributed by atoms with Gasteiger partial charge in [-0.2, -0.15) is 4.98 Å². The first-order chi connectivity index (χ1) is 17.8. The lowest BCUT2D eigenvalue weighted by molar-refractivity contribution is -0.385. The molecule has 0 spiro atoms. The van der Waals surface area contributed by atoms with Gasteiger partial charge in [0.15, 0.2) is 0 Å². The second-order valence-electron chi connectivity index (χ2n) is 9.34. The third-order valence-corrected chi connectivity index (χ3v) is 6.75.